The zero-order valence-electron chi connectivity index (χ0n) is 9.19. The van der Waals surface area contributed by atoms with E-state index in [2.05, 4.69) is 5.32 Å². The Morgan fingerprint density at radius 2 is 2.11 bits per heavy atom. The van der Waals surface area contributed by atoms with Crippen LogP contribution in [0.5, 0.6) is 0 Å². The number of carbonyl (C=O) groups excluding carboxylic acids is 1. The van der Waals surface area contributed by atoms with Crippen molar-refractivity contribution in [2.45, 2.75) is 12.5 Å². The molecule has 1 atom stereocenters. The summed E-state index contributed by atoms with van der Waals surface area (Å²) in [5.74, 6) is -2.68. The van der Waals surface area contributed by atoms with E-state index in [1.165, 1.54) is 18.2 Å². The van der Waals surface area contributed by atoms with Crippen molar-refractivity contribution < 1.29 is 24.2 Å². The van der Waals surface area contributed by atoms with E-state index in [1.807, 2.05) is 0 Å². The van der Waals surface area contributed by atoms with Gasteiger partial charge >= 0.3 is 5.97 Å². The molecule has 0 aliphatic rings. The van der Waals surface area contributed by atoms with E-state index in [1.54, 1.807) is 0 Å². The first-order chi connectivity index (χ1) is 8.41. The summed E-state index contributed by atoms with van der Waals surface area (Å²) in [5.41, 5.74) is 0.0291. The van der Waals surface area contributed by atoms with Crippen LogP contribution in [-0.2, 0) is 16.0 Å². The van der Waals surface area contributed by atoms with Gasteiger partial charge in [0.15, 0.2) is 6.10 Å². The Morgan fingerprint density at radius 1 is 1.44 bits per heavy atom. The minimum atomic E-state index is -1.69. The van der Waals surface area contributed by atoms with Gasteiger partial charge in [0.2, 0.25) is 5.91 Å². The molecule has 0 bridgehead atoms. The summed E-state index contributed by atoms with van der Waals surface area (Å²) in [7, 11) is 0. The molecule has 7 heteroatoms. The average Bonchev–Trinajstić information content (AvgIpc) is 2.30. The Bertz CT molecular complexity index is 446. The summed E-state index contributed by atoms with van der Waals surface area (Å²) in [6.45, 7) is -0.444. The number of aliphatic carboxylic acids is 1. The maximum atomic E-state index is 13.3. The predicted octanol–water partition coefficient (Wildman–Crippen LogP) is 0.583. The highest BCUT2D eigenvalue weighted by Gasteiger charge is 2.16. The lowest BCUT2D eigenvalue weighted by atomic mass is 10.1. The molecule has 0 aromatic heterocycles. The molecule has 1 amide bonds. The molecule has 3 N–H and O–H groups in total. The lowest BCUT2D eigenvalue weighted by Gasteiger charge is -2.09. The monoisotopic (exact) mass is 275 g/mol. The van der Waals surface area contributed by atoms with Gasteiger partial charge in [-0.25, -0.2) is 9.18 Å². The zero-order valence-corrected chi connectivity index (χ0v) is 9.95. The molecule has 5 nitrogen and oxygen atoms in total. The Morgan fingerprint density at radius 3 is 2.67 bits per heavy atom. The number of rotatable bonds is 5. The number of carbonyl (C=O) groups is 2. The largest absolute Gasteiger partial charge is 0.479 e. The van der Waals surface area contributed by atoms with Gasteiger partial charge in [0.1, 0.15) is 5.82 Å². The Labute approximate surface area is 107 Å². The zero-order chi connectivity index (χ0) is 13.7. The number of carboxylic acids is 1. The van der Waals surface area contributed by atoms with E-state index in [4.69, 9.17) is 21.8 Å². The summed E-state index contributed by atoms with van der Waals surface area (Å²) in [4.78, 5) is 21.7. The summed E-state index contributed by atoms with van der Waals surface area (Å²) >= 11 is 5.72. The van der Waals surface area contributed by atoms with Crippen molar-refractivity contribution in [1.82, 2.24) is 5.32 Å². The van der Waals surface area contributed by atoms with Gasteiger partial charge in [-0.3, -0.25) is 4.79 Å². The van der Waals surface area contributed by atoms with E-state index in [0.717, 1.165) is 0 Å². The van der Waals surface area contributed by atoms with Gasteiger partial charge in [-0.15, -0.1) is 0 Å². The number of nitrogens with one attached hydrogen (secondary N) is 1. The highest BCUT2D eigenvalue weighted by molar-refractivity contribution is 6.31. The molecule has 18 heavy (non-hydrogen) atoms. The Hall–Kier alpha value is -1.66. The van der Waals surface area contributed by atoms with E-state index in [-0.39, 0.29) is 17.0 Å². The third kappa shape index (κ3) is 3.97. The van der Waals surface area contributed by atoms with Crippen LogP contribution in [0.3, 0.4) is 0 Å². The van der Waals surface area contributed by atoms with Crippen molar-refractivity contribution in [2.75, 3.05) is 6.54 Å². The first-order valence-corrected chi connectivity index (χ1v) is 5.40. The standard InChI is InChI=1S/C11H11ClFNO4/c12-7-2-1-3-8(13)6(7)4-10(16)14-5-9(15)11(17)18/h1-3,9,15H,4-5H2,(H,14,16)(H,17,18)/t9-/m0/s1. The molecule has 0 saturated carbocycles. The highest BCUT2D eigenvalue weighted by Crippen LogP contribution is 2.19. The first kappa shape index (κ1) is 14.4. The number of hydrogen-bond donors (Lipinski definition) is 3. The third-order valence-corrected chi connectivity index (χ3v) is 2.53. The van der Waals surface area contributed by atoms with Gasteiger partial charge in [-0.05, 0) is 12.1 Å². The average molecular weight is 276 g/mol. The van der Waals surface area contributed by atoms with Gasteiger partial charge in [0.05, 0.1) is 13.0 Å². The second kappa shape index (κ2) is 6.32. The van der Waals surface area contributed by atoms with Crippen LogP contribution in [-0.4, -0.2) is 34.7 Å². The van der Waals surface area contributed by atoms with Crippen molar-refractivity contribution in [3.05, 3.63) is 34.6 Å². The second-order valence-electron chi connectivity index (χ2n) is 3.54. The molecule has 0 saturated heterocycles. The molecule has 0 aliphatic heterocycles. The van der Waals surface area contributed by atoms with Crippen LogP contribution in [0.25, 0.3) is 0 Å². The first-order valence-electron chi connectivity index (χ1n) is 5.02. The molecule has 0 heterocycles. The topological polar surface area (TPSA) is 86.6 Å². The highest BCUT2D eigenvalue weighted by atomic mass is 35.5. The summed E-state index contributed by atoms with van der Waals surface area (Å²) < 4.78 is 13.3. The maximum Gasteiger partial charge on any atom is 0.334 e. The number of hydrogen-bond acceptors (Lipinski definition) is 3. The van der Waals surface area contributed by atoms with E-state index in [0.29, 0.717) is 0 Å². The van der Waals surface area contributed by atoms with Gasteiger partial charge in [0.25, 0.3) is 0 Å². The quantitative estimate of drug-likeness (QED) is 0.734. The lowest BCUT2D eigenvalue weighted by molar-refractivity contribution is -0.146. The SMILES string of the molecule is O=C(Cc1c(F)cccc1Cl)NC[C@H](O)C(=O)O. The Kier molecular flexibility index (Phi) is 5.06. The minimum absolute atomic E-state index is 0.0291. The number of aliphatic hydroxyl groups is 1. The van der Waals surface area contributed by atoms with Crippen LogP contribution < -0.4 is 5.32 Å². The predicted molar refractivity (Wildman–Crippen MR) is 61.8 cm³/mol. The summed E-state index contributed by atoms with van der Waals surface area (Å²) in [5, 5.41) is 19.6. The smallest absolute Gasteiger partial charge is 0.334 e. The number of benzene rings is 1. The minimum Gasteiger partial charge on any atom is -0.479 e. The van der Waals surface area contributed by atoms with Crippen LogP contribution >= 0.6 is 11.6 Å². The van der Waals surface area contributed by atoms with Gasteiger partial charge in [0, 0.05) is 10.6 Å². The van der Waals surface area contributed by atoms with Crippen molar-refractivity contribution >= 4 is 23.5 Å². The summed E-state index contributed by atoms with van der Waals surface area (Å²) in [6.07, 6.45) is -2.01. The maximum absolute atomic E-state index is 13.3. The van der Waals surface area contributed by atoms with Crippen molar-refractivity contribution in [1.29, 1.82) is 0 Å². The van der Waals surface area contributed by atoms with Crippen molar-refractivity contribution in [3.63, 3.8) is 0 Å². The second-order valence-corrected chi connectivity index (χ2v) is 3.94. The van der Waals surface area contributed by atoms with Gasteiger partial charge in [-0.1, -0.05) is 17.7 Å². The fraction of sp³-hybridized carbons (Fsp3) is 0.273. The molecular formula is C11H11ClFNO4. The van der Waals surface area contributed by atoms with Crippen molar-refractivity contribution in [2.24, 2.45) is 0 Å². The van der Waals surface area contributed by atoms with Crippen LogP contribution in [0, 0.1) is 5.82 Å². The van der Waals surface area contributed by atoms with Crippen molar-refractivity contribution in [3.8, 4) is 0 Å². The van der Waals surface area contributed by atoms with Gasteiger partial charge in [-0.2, -0.15) is 0 Å². The van der Waals surface area contributed by atoms with Crippen LogP contribution in [0.2, 0.25) is 5.02 Å². The lowest BCUT2D eigenvalue weighted by Crippen LogP contribution is -2.37. The molecule has 0 radical (unpaired) electrons. The molecular weight excluding hydrogens is 265 g/mol. The fourth-order valence-electron chi connectivity index (χ4n) is 1.22. The molecule has 0 unspecified atom stereocenters. The fourth-order valence-corrected chi connectivity index (χ4v) is 1.45. The molecule has 0 aliphatic carbocycles. The molecule has 0 spiro atoms. The van der Waals surface area contributed by atoms with E-state index in [9.17, 15) is 14.0 Å². The molecule has 1 aromatic carbocycles. The molecule has 98 valence electrons. The van der Waals surface area contributed by atoms with Crippen LogP contribution in [0.4, 0.5) is 4.39 Å². The van der Waals surface area contributed by atoms with Gasteiger partial charge < -0.3 is 15.5 Å². The normalized spacial score (nSPS) is 11.9. The van der Waals surface area contributed by atoms with E-state index < -0.39 is 30.3 Å². The number of carboxylic acid groups (broad SMARTS) is 1. The molecule has 1 rings (SSSR count). The number of amides is 1. The molecule has 0 fully saturated rings. The van der Waals surface area contributed by atoms with E-state index >= 15 is 0 Å². The van der Waals surface area contributed by atoms with Crippen LogP contribution in [0.15, 0.2) is 18.2 Å². The third-order valence-electron chi connectivity index (χ3n) is 2.18. The summed E-state index contributed by atoms with van der Waals surface area (Å²) in [6, 6.07) is 4.02. The number of halogens is 2. The Balaban J connectivity index is 2.58. The van der Waals surface area contributed by atoms with Crippen LogP contribution in [0.1, 0.15) is 5.56 Å². The number of aliphatic hydroxyl groups excluding tert-OH is 1. The molecule has 1 aromatic rings.